The van der Waals surface area contributed by atoms with Gasteiger partial charge in [0.2, 0.25) is 0 Å². The summed E-state index contributed by atoms with van der Waals surface area (Å²) >= 11 is 0. The topological polar surface area (TPSA) is 123 Å². The van der Waals surface area contributed by atoms with Gasteiger partial charge in [0.25, 0.3) is 0 Å². The predicted octanol–water partition coefficient (Wildman–Crippen LogP) is 0.979. The highest BCUT2D eigenvalue weighted by Crippen LogP contribution is 2.04. The Morgan fingerprint density at radius 1 is 1.36 bits per heavy atom. The normalized spacial score (nSPS) is 13.8. The number of esters is 1. The number of carbonyl (C=O) groups excluding carboxylic acids is 2. The second-order valence-electron chi connectivity index (χ2n) is 4.52. The van der Waals surface area contributed by atoms with E-state index in [-0.39, 0.29) is 12.4 Å². The van der Waals surface area contributed by atoms with Crippen LogP contribution in [0.4, 0.5) is 4.79 Å². The number of nitrogens with two attached hydrogens (primary N) is 1. The average molecular weight is 309 g/mol. The number of amides is 1. The first-order valence-electron chi connectivity index (χ1n) is 6.56. The lowest BCUT2D eigenvalue weighted by molar-refractivity contribution is -0.145. The lowest BCUT2D eigenvalue weighted by atomic mass is 10.1. The number of amidine groups is 1. The SMILES string of the molecule is CC(=O)OC(C)[C@H](NC(=O)OCc1ccccc1)C(N)=NO. The van der Waals surface area contributed by atoms with Gasteiger partial charge in [0.05, 0.1) is 0 Å². The van der Waals surface area contributed by atoms with Gasteiger partial charge in [0.1, 0.15) is 18.8 Å². The van der Waals surface area contributed by atoms with Crippen molar-refractivity contribution in [1.29, 1.82) is 0 Å². The Balaban J connectivity index is 2.61. The van der Waals surface area contributed by atoms with Crippen molar-refractivity contribution < 1.29 is 24.3 Å². The summed E-state index contributed by atoms with van der Waals surface area (Å²) in [6.07, 6.45) is -1.60. The Kier molecular flexibility index (Phi) is 6.68. The Morgan fingerprint density at radius 2 is 2.00 bits per heavy atom. The molecule has 1 aromatic carbocycles. The van der Waals surface area contributed by atoms with Crippen LogP contribution in [-0.2, 0) is 20.9 Å². The fourth-order valence-corrected chi connectivity index (χ4v) is 1.72. The Hall–Kier alpha value is -2.77. The van der Waals surface area contributed by atoms with Gasteiger partial charge in [0, 0.05) is 6.92 Å². The minimum atomic E-state index is -1.00. The van der Waals surface area contributed by atoms with Crippen molar-refractivity contribution in [3.05, 3.63) is 35.9 Å². The standard InChI is InChI=1S/C14H19N3O5/c1-9(22-10(2)18)12(13(15)17-20)16-14(19)21-8-11-6-4-3-5-7-11/h3-7,9,12,20H,8H2,1-2H3,(H2,15,17)(H,16,19)/t9?,12-/m0/s1. The van der Waals surface area contributed by atoms with Crippen LogP contribution in [0.2, 0.25) is 0 Å². The van der Waals surface area contributed by atoms with Crippen molar-refractivity contribution in [1.82, 2.24) is 5.32 Å². The summed E-state index contributed by atoms with van der Waals surface area (Å²) in [6, 6.07) is 8.08. The first kappa shape index (κ1) is 17.3. The van der Waals surface area contributed by atoms with Gasteiger partial charge in [-0.05, 0) is 12.5 Å². The number of oxime groups is 1. The monoisotopic (exact) mass is 309 g/mol. The maximum atomic E-state index is 11.8. The van der Waals surface area contributed by atoms with Crippen LogP contribution in [0.15, 0.2) is 35.5 Å². The van der Waals surface area contributed by atoms with Gasteiger partial charge in [-0.1, -0.05) is 35.5 Å². The van der Waals surface area contributed by atoms with E-state index in [1.54, 1.807) is 12.1 Å². The summed E-state index contributed by atoms with van der Waals surface area (Å²) < 4.78 is 9.94. The lowest BCUT2D eigenvalue weighted by Crippen LogP contribution is -2.52. The van der Waals surface area contributed by atoms with Crippen LogP contribution in [0, 0.1) is 0 Å². The van der Waals surface area contributed by atoms with Gasteiger partial charge in [-0.2, -0.15) is 0 Å². The summed E-state index contributed by atoms with van der Waals surface area (Å²) in [5.74, 6) is -0.854. The molecule has 1 unspecified atom stereocenters. The molecule has 2 atom stereocenters. The predicted molar refractivity (Wildman–Crippen MR) is 78.2 cm³/mol. The van der Waals surface area contributed by atoms with E-state index in [1.165, 1.54) is 13.8 Å². The highest BCUT2D eigenvalue weighted by atomic mass is 16.6. The number of benzene rings is 1. The zero-order valence-electron chi connectivity index (χ0n) is 12.4. The molecular weight excluding hydrogens is 290 g/mol. The van der Waals surface area contributed by atoms with Crippen molar-refractivity contribution in [3.8, 4) is 0 Å². The molecular formula is C14H19N3O5. The third-order valence-electron chi connectivity index (χ3n) is 2.74. The Morgan fingerprint density at radius 3 is 2.55 bits per heavy atom. The Labute approximate surface area is 127 Å². The first-order valence-corrected chi connectivity index (χ1v) is 6.56. The Bertz CT molecular complexity index is 533. The van der Waals surface area contributed by atoms with Crippen LogP contribution in [0.1, 0.15) is 19.4 Å². The molecule has 0 bridgehead atoms. The van der Waals surface area contributed by atoms with Crippen LogP contribution < -0.4 is 11.1 Å². The van der Waals surface area contributed by atoms with Crippen molar-refractivity contribution in [2.45, 2.75) is 32.6 Å². The number of hydrogen-bond donors (Lipinski definition) is 3. The molecule has 0 spiro atoms. The summed E-state index contributed by atoms with van der Waals surface area (Å²) in [6.45, 7) is 2.78. The van der Waals surface area contributed by atoms with Gasteiger partial charge in [-0.25, -0.2) is 4.79 Å². The maximum absolute atomic E-state index is 11.8. The van der Waals surface area contributed by atoms with Crippen molar-refractivity contribution >= 4 is 17.9 Å². The zero-order chi connectivity index (χ0) is 16.5. The summed E-state index contributed by atoms with van der Waals surface area (Å²) in [5.41, 5.74) is 6.30. The second kappa shape index (κ2) is 8.50. The molecule has 0 radical (unpaired) electrons. The quantitative estimate of drug-likeness (QED) is 0.237. The smallest absolute Gasteiger partial charge is 0.408 e. The number of ether oxygens (including phenoxy) is 2. The molecule has 120 valence electrons. The summed E-state index contributed by atoms with van der Waals surface area (Å²) in [4.78, 5) is 22.7. The lowest BCUT2D eigenvalue weighted by Gasteiger charge is -2.23. The van der Waals surface area contributed by atoms with E-state index in [4.69, 9.17) is 20.4 Å². The molecule has 22 heavy (non-hydrogen) atoms. The third-order valence-corrected chi connectivity index (χ3v) is 2.74. The minimum Gasteiger partial charge on any atom is -0.460 e. The molecule has 0 saturated heterocycles. The molecule has 0 aliphatic rings. The summed E-state index contributed by atoms with van der Waals surface area (Å²) in [7, 11) is 0. The van der Waals surface area contributed by atoms with Gasteiger partial charge >= 0.3 is 12.1 Å². The van der Waals surface area contributed by atoms with Crippen LogP contribution in [0.5, 0.6) is 0 Å². The zero-order valence-corrected chi connectivity index (χ0v) is 12.4. The van der Waals surface area contributed by atoms with Crippen LogP contribution in [0.25, 0.3) is 0 Å². The molecule has 8 nitrogen and oxygen atoms in total. The highest BCUT2D eigenvalue weighted by molar-refractivity contribution is 5.89. The average Bonchev–Trinajstić information content (AvgIpc) is 2.50. The van der Waals surface area contributed by atoms with Gasteiger partial charge in [-0.15, -0.1) is 0 Å². The van der Waals surface area contributed by atoms with E-state index in [9.17, 15) is 9.59 Å². The number of nitrogens with one attached hydrogen (secondary N) is 1. The molecule has 4 N–H and O–H groups in total. The van der Waals surface area contributed by atoms with Crippen LogP contribution in [0.3, 0.4) is 0 Å². The molecule has 1 amide bonds. The fourth-order valence-electron chi connectivity index (χ4n) is 1.72. The number of carbonyl (C=O) groups is 2. The molecule has 0 saturated carbocycles. The molecule has 1 rings (SSSR count). The number of nitrogens with zero attached hydrogens (tertiary/aromatic N) is 1. The van der Waals surface area contributed by atoms with Crippen molar-refractivity contribution in [2.75, 3.05) is 0 Å². The third kappa shape index (κ3) is 5.70. The maximum Gasteiger partial charge on any atom is 0.408 e. The molecule has 0 aliphatic heterocycles. The van der Waals surface area contributed by atoms with E-state index in [0.29, 0.717) is 0 Å². The van der Waals surface area contributed by atoms with E-state index in [1.807, 2.05) is 18.2 Å². The van der Waals surface area contributed by atoms with Crippen molar-refractivity contribution in [3.63, 3.8) is 0 Å². The molecule has 0 aliphatic carbocycles. The van der Waals surface area contributed by atoms with E-state index >= 15 is 0 Å². The first-order chi connectivity index (χ1) is 10.4. The van der Waals surface area contributed by atoms with Crippen molar-refractivity contribution in [2.24, 2.45) is 10.9 Å². The van der Waals surface area contributed by atoms with Crippen LogP contribution in [-0.4, -0.2) is 35.3 Å². The minimum absolute atomic E-state index is 0.0670. The number of rotatable bonds is 6. The molecule has 1 aromatic rings. The largest absolute Gasteiger partial charge is 0.460 e. The fraction of sp³-hybridized carbons (Fsp3) is 0.357. The van der Waals surface area contributed by atoms with Crippen LogP contribution >= 0.6 is 0 Å². The number of hydrogen-bond acceptors (Lipinski definition) is 6. The van der Waals surface area contributed by atoms with Gasteiger partial charge < -0.3 is 25.7 Å². The molecule has 0 heterocycles. The van der Waals surface area contributed by atoms with E-state index in [2.05, 4.69) is 10.5 Å². The molecule has 0 fully saturated rings. The molecule has 8 heteroatoms. The second-order valence-corrected chi connectivity index (χ2v) is 4.52. The summed E-state index contributed by atoms with van der Waals surface area (Å²) in [5, 5.41) is 13.9. The highest BCUT2D eigenvalue weighted by Gasteiger charge is 2.26. The van der Waals surface area contributed by atoms with Gasteiger partial charge in [0.15, 0.2) is 5.84 Å². The molecule has 0 aromatic heterocycles. The number of alkyl carbamates (subject to hydrolysis) is 1. The van der Waals surface area contributed by atoms with E-state index in [0.717, 1.165) is 5.56 Å². The van der Waals surface area contributed by atoms with E-state index < -0.39 is 24.2 Å². The van der Waals surface area contributed by atoms with Gasteiger partial charge in [-0.3, -0.25) is 4.79 Å².